The number of hydrogen-bond donors (Lipinski definition) is 2. The van der Waals surface area contributed by atoms with E-state index in [0.29, 0.717) is 0 Å². The summed E-state index contributed by atoms with van der Waals surface area (Å²) in [5, 5.41) is 11.7. The lowest BCUT2D eigenvalue weighted by molar-refractivity contribution is 0.824. The average molecular weight is 299 g/mol. The fraction of sp³-hybridized carbons (Fsp3) is 0.400. The van der Waals surface area contributed by atoms with Gasteiger partial charge in [-0.3, -0.25) is 5.10 Å². The van der Waals surface area contributed by atoms with E-state index in [1.165, 1.54) is 40.8 Å². The average Bonchev–Trinajstić information content (AvgIpc) is 3.19. The third kappa shape index (κ3) is 2.40. The second kappa shape index (κ2) is 5.44. The van der Waals surface area contributed by atoms with Gasteiger partial charge in [-0.15, -0.1) is 11.3 Å². The molecule has 108 valence electrons. The van der Waals surface area contributed by atoms with Crippen LogP contribution in [0.2, 0.25) is 0 Å². The van der Waals surface area contributed by atoms with Gasteiger partial charge in [0.25, 0.3) is 0 Å². The SMILES string of the molecule is c1cc(CCCNc2ncnc3sc4c(c23)CCC4)[nH]n1. The normalized spacial score (nSPS) is 13.7. The molecule has 4 rings (SSSR count). The Hall–Kier alpha value is -1.95. The summed E-state index contributed by atoms with van der Waals surface area (Å²) in [6.07, 6.45) is 9.17. The van der Waals surface area contributed by atoms with Crippen molar-refractivity contribution in [2.75, 3.05) is 11.9 Å². The zero-order valence-electron chi connectivity index (χ0n) is 11.7. The Morgan fingerprint density at radius 1 is 1.29 bits per heavy atom. The molecule has 5 nitrogen and oxygen atoms in total. The number of aryl methyl sites for hydroxylation is 3. The molecule has 1 aliphatic carbocycles. The van der Waals surface area contributed by atoms with Crippen molar-refractivity contribution in [2.45, 2.75) is 32.1 Å². The molecule has 0 aliphatic heterocycles. The lowest BCUT2D eigenvalue weighted by atomic mass is 10.2. The highest BCUT2D eigenvalue weighted by Gasteiger charge is 2.20. The molecule has 0 fully saturated rings. The van der Waals surface area contributed by atoms with E-state index in [1.54, 1.807) is 12.5 Å². The second-order valence-electron chi connectivity index (χ2n) is 5.37. The quantitative estimate of drug-likeness (QED) is 0.711. The predicted octanol–water partition coefficient (Wildman–Crippen LogP) is 2.95. The molecule has 3 aromatic rings. The maximum absolute atomic E-state index is 4.46. The zero-order valence-corrected chi connectivity index (χ0v) is 12.5. The molecule has 0 saturated carbocycles. The van der Waals surface area contributed by atoms with Crippen LogP contribution < -0.4 is 5.32 Å². The Balaban J connectivity index is 1.48. The van der Waals surface area contributed by atoms with E-state index in [0.717, 1.165) is 30.0 Å². The largest absolute Gasteiger partial charge is 0.369 e. The van der Waals surface area contributed by atoms with Crippen molar-refractivity contribution in [3.8, 4) is 0 Å². The molecule has 0 bridgehead atoms. The first kappa shape index (κ1) is 12.8. The molecule has 0 spiro atoms. The van der Waals surface area contributed by atoms with E-state index < -0.39 is 0 Å². The highest BCUT2D eigenvalue weighted by molar-refractivity contribution is 7.19. The number of fused-ring (bicyclic) bond motifs is 3. The summed E-state index contributed by atoms with van der Waals surface area (Å²) in [5.41, 5.74) is 2.66. The van der Waals surface area contributed by atoms with Gasteiger partial charge < -0.3 is 5.32 Å². The van der Waals surface area contributed by atoms with Crippen molar-refractivity contribution in [2.24, 2.45) is 0 Å². The molecule has 0 unspecified atom stereocenters. The fourth-order valence-corrected chi connectivity index (χ4v) is 4.20. The fourth-order valence-electron chi connectivity index (χ4n) is 2.97. The number of H-pyrrole nitrogens is 1. The van der Waals surface area contributed by atoms with E-state index in [4.69, 9.17) is 0 Å². The first-order chi connectivity index (χ1) is 10.4. The highest BCUT2D eigenvalue weighted by Crippen LogP contribution is 2.38. The van der Waals surface area contributed by atoms with Crippen LogP contribution in [0.15, 0.2) is 18.6 Å². The maximum atomic E-state index is 4.46. The Labute approximate surface area is 126 Å². The van der Waals surface area contributed by atoms with E-state index in [-0.39, 0.29) is 0 Å². The lowest BCUT2D eigenvalue weighted by Crippen LogP contribution is -2.05. The zero-order chi connectivity index (χ0) is 14.1. The van der Waals surface area contributed by atoms with Crippen LogP contribution in [0.25, 0.3) is 10.2 Å². The third-order valence-electron chi connectivity index (χ3n) is 3.98. The van der Waals surface area contributed by atoms with Gasteiger partial charge in [0.15, 0.2) is 0 Å². The lowest BCUT2D eigenvalue weighted by Gasteiger charge is -2.07. The smallest absolute Gasteiger partial charge is 0.138 e. The van der Waals surface area contributed by atoms with Crippen molar-refractivity contribution in [1.82, 2.24) is 20.2 Å². The summed E-state index contributed by atoms with van der Waals surface area (Å²) in [4.78, 5) is 11.5. The van der Waals surface area contributed by atoms with Gasteiger partial charge in [-0.05, 0) is 43.7 Å². The first-order valence-electron chi connectivity index (χ1n) is 7.39. The Bertz CT molecular complexity index is 747. The van der Waals surface area contributed by atoms with E-state index in [1.807, 2.05) is 17.4 Å². The van der Waals surface area contributed by atoms with Gasteiger partial charge in [0.2, 0.25) is 0 Å². The van der Waals surface area contributed by atoms with Gasteiger partial charge in [-0.2, -0.15) is 5.10 Å². The Morgan fingerprint density at radius 3 is 3.19 bits per heavy atom. The van der Waals surface area contributed by atoms with Crippen LogP contribution in [0.3, 0.4) is 0 Å². The molecule has 21 heavy (non-hydrogen) atoms. The topological polar surface area (TPSA) is 66.5 Å². The van der Waals surface area contributed by atoms with Crippen molar-refractivity contribution in [3.05, 3.63) is 34.7 Å². The summed E-state index contributed by atoms with van der Waals surface area (Å²) >= 11 is 1.83. The van der Waals surface area contributed by atoms with Gasteiger partial charge in [-0.1, -0.05) is 0 Å². The number of rotatable bonds is 5. The van der Waals surface area contributed by atoms with Crippen LogP contribution in [-0.2, 0) is 19.3 Å². The summed E-state index contributed by atoms with van der Waals surface area (Å²) in [5.74, 6) is 1.00. The molecule has 2 N–H and O–H groups in total. The first-order valence-corrected chi connectivity index (χ1v) is 8.21. The van der Waals surface area contributed by atoms with Crippen LogP contribution in [-0.4, -0.2) is 26.7 Å². The van der Waals surface area contributed by atoms with Crippen molar-refractivity contribution in [3.63, 3.8) is 0 Å². The van der Waals surface area contributed by atoms with Crippen LogP contribution in [0.1, 0.15) is 29.0 Å². The Morgan fingerprint density at radius 2 is 2.29 bits per heavy atom. The molecule has 0 aromatic carbocycles. The number of nitrogens with one attached hydrogen (secondary N) is 2. The molecule has 0 atom stereocenters. The standard InChI is InChI=1S/C15H17N5S/c1-4-11-12(5-1)21-15-13(11)14(17-9-18-15)16-7-2-3-10-6-8-19-20-10/h6,8-9H,1-5,7H2,(H,19,20)(H,16,17,18). The number of anilines is 1. The van der Waals surface area contributed by atoms with Crippen LogP contribution in [0.4, 0.5) is 5.82 Å². The van der Waals surface area contributed by atoms with Gasteiger partial charge in [0.1, 0.15) is 17.0 Å². The molecular weight excluding hydrogens is 282 g/mol. The molecule has 1 aliphatic rings. The van der Waals surface area contributed by atoms with Crippen molar-refractivity contribution >= 4 is 27.4 Å². The van der Waals surface area contributed by atoms with E-state index in [9.17, 15) is 0 Å². The van der Waals surface area contributed by atoms with Gasteiger partial charge in [0, 0.05) is 23.3 Å². The number of aromatic amines is 1. The monoisotopic (exact) mass is 299 g/mol. The van der Waals surface area contributed by atoms with E-state index >= 15 is 0 Å². The second-order valence-corrected chi connectivity index (χ2v) is 6.46. The molecule has 0 amide bonds. The summed E-state index contributed by atoms with van der Waals surface area (Å²) in [7, 11) is 0. The molecule has 0 radical (unpaired) electrons. The summed E-state index contributed by atoms with van der Waals surface area (Å²) in [6, 6.07) is 2.02. The number of nitrogens with zero attached hydrogens (tertiary/aromatic N) is 3. The van der Waals surface area contributed by atoms with E-state index in [2.05, 4.69) is 25.5 Å². The maximum Gasteiger partial charge on any atom is 0.138 e. The summed E-state index contributed by atoms with van der Waals surface area (Å²) in [6.45, 7) is 0.912. The third-order valence-corrected chi connectivity index (χ3v) is 5.17. The van der Waals surface area contributed by atoms with Crippen LogP contribution in [0.5, 0.6) is 0 Å². The van der Waals surface area contributed by atoms with Crippen molar-refractivity contribution < 1.29 is 0 Å². The van der Waals surface area contributed by atoms with Gasteiger partial charge >= 0.3 is 0 Å². The minimum atomic E-state index is 0.912. The van der Waals surface area contributed by atoms with Crippen LogP contribution >= 0.6 is 11.3 Å². The van der Waals surface area contributed by atoms with Crippen molar-refractivity contribution in [1.29, 1.82) is 0 Å². The predicted molar refractivity (Wildman–Crippen MR) is 84.8 cm³/mol. The highest BCUT2D eigenvalue weighted by atomic mass is 32.1. The molecule has 6 heteroatoms. The molecular formula is C15H17N5S. The number of hydrogen-bond acceptors (Lipinski definition) is 5. The number of aromatic nitrogens is 4. The van der Waals surface area contributed by atoms with Gasteiger partial charge in [0.05, 0.1) is 5.39 Å². The summed E-state index contributed by atoms with van der Waals surface area (Å²) < 4.78 is 0. The number of thiophene rings is 1. The molecule has 3 heterocycles. The van der Waals surface area contributed by atoms with Gasteiger partial charge in [-0.25, -0.2) is 9.97 Å². The molecule has 0 saturated heterocycles. The minimum Gasteiger partial charge on any atom is -0.369 e. The Kier molecular flexibility index (Phi) is 3.31. The molecule has 3 aromatic heterocycles. The van der Waals surface area contributed by atoms with Crippen LogP contribution in [0, 0.1) is 0 Å². The minimum absolute atomic E-state index is 0.912.